The molecular formula is C13H14Br2N2S. The highest BCUT2D eigenvalue weighted by Crippen LogP contribution is 2.24. The fraction of sp³-hybridized carbons (Fsp3) is 0.308. The first kappa shape index (κ1) is 14.2. The SMILES string of the molecule is CCC(NCc1ccc(Br)c(Br)c1)c1nccs1. The molecule has 2 aromatic rings. The fourth-order valence-electron chi connectivity index (χ4n) is 1.70. The molecule has 1 aromatic carbocycles. The van der Waals surface area contributed by atoms with E-state index in [1.807, 2.05) is 11.6 Å². The van der Waals surface area contributed by atoms with E-state index in [4.69, 9.17) is 0 Å². The number of hydrogen-bond donors (Lipinski definition) is 1. The Kier molecular flexibility index (Phi) is 5.36. The lowest BCUT2D eigenvalue weighted by Gasteiger charge is -2.14. The van der Waals surface area contributed by atoms with Gasteiger partial charge in [-0.3, -0.25) is 0 Å². The standard InChI is InChI=1S/C13H14Br2N2S/c1-2-12(13-16-5-6-18-13)17-8-9-3-4-10(14)11(15)7-9/h3-7,12,17H,2,8H2,1H3. The Hall–Kier alpha value is -0.230. The van der Waals surface area contributed by atoms with Gasteiger partial charge in [-0.25, -0.2) is 4.98 Å². The van der Waals surface area contributed by atoms with Gasteiger partial charge in [0.05, 0.1) is 6.04 Å². The highest BCUT2D eigenvalue weighted by Gasteiger charge is 2.11. The van der Waals surface area contributed by atoms with Crippen molar-refractivity contribution >= 4 is 43.2 Å². The number of benzene rings is 1. The summed E-state index contributed by atoms with van der Waals surface area (Å²) in [5.74, 6) is 0. The predicted molar refractivity (Wildman–Crippen MR) is 83.8 cm³/mol. The van der Waals surface area contributed by atoms with E-state index in [1.54, 1.807) is 11.3 Å². The van der Waals surface area contributed by atoms with E-state index in [2.05, 4.69) is 67.3 Å². The number of nitrogens with one attached hydrogen (secondary N) is 1. The smallest absolute Gasteiger partial charge is 0.109 e. The summed E-state index contributed by atoms with van der Waals surface area (Å²) in [6.07, 6.45) is 2.91. The molecule has 1 aromatic heterocycles. The van der Waals surface area contributed by atoms with Crippen molar-refractivity contribution in [2.75, 3.05) is 0 Å². The Bertz CT molecular complexity index is 500. The van der Waals surface area contributed by atoms with Gasteiger partial charge in [-0.05, 0) is 56.0 Å². The van der Waals surface area contributed by atoms with Crippen molar-refractivity contribution in [1.29, 1.82) is 0 Å². The van der Waals surface area contributed by atoms with Crippen LogP contribution in [-0.2, 0) is 6.54 Å². The maximum atomic E-state index is 4.37. The van der Waals surface area contributed by atoms with E-state index in [0.29, 0.717) is 6.04 Å². The van der Waals surface area contributed by atoms with Crippen molar-refractivity contribution in [3.05, 3.63) is 49.3 Å². The Labute approximate surface area is 128 Å². The molecule has 0 bridgehead atoms. The van der Waals surface area contributed by atoms with Crippen LogP contribution >= 0.6 is 43.2 Å². The van der Waals surface area contributed by atoms with E-state index in [-0.39, 0.29) is 0 Å². The minimum Gasteiger partial charge on any atom is -0.304 e. The lowest BCUT2D eigenvalue weighted by Crippen LogP contribution is -2.20. The summed E-state index contributed by atoms with van der Waals surface area (Å²) in [6.45, 7) is 3.03. The largest absolute Gasteiger partial charge is 0.304 e. The zero-order valence-electron chi connectivity index (χ0n) is 9.99. The molecule has 96 valence electrons. The van der Waals surface area contributed by atoms with Crippen LogP contribution in [0.3, 0.4) is 0 Å². The highest BCUT2D eigenvalue weighted by molar-refractivity contribution is 9.13. The van der Waals surface area contributed by atoms with E-state index in [0.717, 1.165) is 26.9 Å². The Morgan fingerprint density at radius 1 is 1.33 bits per heavy atom. The van der Waals surface area contributed by atoms with Crippen molar-refractivity contribution in [3.8, 4) is 0 Å². The third-order valence-electron chi connectivity index (χ3n) is 2.69. The van der Waals surface area contributed by atoms with Gasteiger partial charge >= 0.3 is 0 Å². The summed E-state index contributed by atoms with van der Waals surface area (Å²) in [7, 11) is 0. The number of nitrogens with zero attached hydrogens (tertiary/aromatic N) is 1. The third kappa shape index (κ3) is 3.63. The van der Waals surface area contributed by atoms with Gasteiger partial charge in [0, 0.05) is 27.1 Å². The number of thiazole rings is 1. The molecule has 0 saturated heterocycles. The van der Waals surface area contributed by atoms with Crippen LogP contribution in [-0.4, -0.2) is 4.98 Å². The molecule has 2 nitrogen and oxygen atoms in total. The molecule has 0 aliphatic rings. The molecule has 0 aliphatic heterocycles. The monoisotopic (exact) mass is 388 g/mol. The molecule has 1 N–H and O–H groups in total. The first-order chi connectivity index (χ1) is 8.70. The predicted octanol–water partition coefficient (Wildman–Crippen LogP) is 4.91. The summed E-state index contributed by atoms with van der Waals surface area (Å²) in [5, 5.41) is 6.73. The number of hydrogen-bond acceptors (Lipinski definition) is 3. The quantitative estimate of drug-likeness (QED) is 0.785. The maximum Gasteiger partial charge on any atom is 0.109 e. The number of halogens is 2. The Morgan fingerprint density at radius 3 is 2.78 bits per heavy atom. The molecule has 2 rings (SSSR count). The first-order valence-electron chi connectivity index (χ1n) is 5.77. The number of rotatable bonds is 5. The van der Waals surface area contributed by atoms with Gasteiger partial charge < -0.3 is 5.32 Å². The van der Waals surface area contributed by atoms with E-state index >= 15 is 0 Å². The van der Waals surface area contributed by atoms with Crippen LogP contribution in [0.2, 0.25) is 0 Å². The van der Waals surface area contributed by atoms with E-state index < -0.39 is 0 Å². The van der Waals surface area contributed by atoms with Crippen LogP contribution in [0.15, 0.2) is 38.7 Å². The molecule has 1 unspecified atom stereocenters. The maximum absolute atomic E-state index is 4.37. The molecule has 0 radical (unpaired) electrons. The third-order valence-corrected chi connectivity index (χ3v) is 5.46. The van der Waals surface area contributed by atoms with Crippen molar-refractivity contribution in [3.63, 3.8) is 0 Å². The normalized spacial score (nSPS) is 12.6. The van der Waals surface area contributed by atoms with Gasteiger partial charge in [-0.15, -0.1) is 11.3 Å². The summed E-state index contributed by atoms with van der Waals surface area (Å²) in [6, 6.07) is 6.65. The molecule has 18 heavy (non-hydrogen) atoms. The second kappa shape index (κ2) is 6.80. The lowest BCUT2D eigenvalue weighted by atomic mass is 10.2. The van der Waals surface area contributed by atoms with Gasteiger partial charge in [-0.1, -0.05) is 13.0 Å². The van der Waals surface area contributed by atoms with Crippen LogP contribution in [0.4, 0.5) is 0 Å². The van der Waals surface area contributed by atoms with Crippen molar-refractivity contribution < 1.29 is 0 Å². The molecule has 1 heterocycles. The topological polar surface area (TPSA) is 24.9 Å². The summed E-state index contributed by atoms with van der Waals surface area (Å²) >= 11 is 8.71. The molecule has 0 aliphatic carbocycles. The minimum absolute atomic E-state index is 0.340. The van der Waals surface area contributed by atoms with Gasteiger partial charge in [0.2, 0.25) is 0 Å². The molecular weight excluding hydrogens is 376 g/mol. The Balaban J connectivity index is 1.99. The zero-order valence-corrected chi connectivity index (χ0v) is 14.0. The van der Waals surface area contributed by atoms with Gasteiger partial charge in [-0.2, -0.15) is 0 Å². The van der Waals surface area contributed by atoms with Crippen LogP contribution in [0, 0.1) is 0 Å². The van der Waals surface area contributed by atoms with Crippen LogP contribution < -0.4 is 5.32 Å². The molecule has 0 spiro atoms. The van der Waals surface area contributed by atoms with Gasteiger partial charge in [0.25, 0.3) is 0 Å². The van der Waals surface area contributed by atoms with Crippen LogP contribution in [0.1, 0.15) is 30.0 Å². The molecule has 5 heteroatoms. The van der Waals surface area contributed by atoms with Crippen LogP contribution in [0.5, 0.6) is 0 Å². The van der Waals surface area contributed by atoms with E-state index in [9.17, 15) is 0 Å². The van der Waals surface area contributed by atoms with Crippen LogP contribution in [0.25, 0.3) is 0 Å². The summed E-state index contributed by atoms with van der Waals surface area (Å²) < 4.78 is 2.17. The molecule has 1 atom stereocenters. The second-order valence-electron chi connectivity index (χ2n) is 3.96. The average Bonchev–Trinajstić information content (AvgIpc) is 2.88. The first-order valence-corrected chi connectivity index (χ1v) is 8.24. The average molecular weight is 390 g/mol. The molecule has 0 saturated carbocycles. The highest BCUT2D eigenvalue weighted by atomic mass is 79.9. The molecule has 0 amide bonds. The van der Waals surface area contributed by atoms with E-state index in [1.165, 1.54) is 5.56 Å². The second-order valence-corrected chi connectivity index (χ2v) is 6.60. The summed E-state index contributed by atoms with van der Waals surface area (Å²) in [5.41, 5.74) is 1.26. The Morgan fingerprint density at radius 2 is 2.17 bits per heavy atom. The van der Waals surface area contributed by atoms with Crippen molar-refractivity contribution in [2.24, 2.45) is 0 Å². The van der Waals surface area contributed by atoms with Gasteiger partial charge in [0.1, 0.15) is 5.01 Å². The molecule has 0 fully saturated rings. The van der Waals surface area contributed by atoms with Crippen molar-refractivity contribution in [2.45, 2.75) is 25.9 Å². The fourth-order valence-corrected chi connectivity index (χ4v) is 3.17. The van der Waals surface area contributed by atoms with Gasteiger partial charge in [0.15, 0.2) is 0 Å². The zero-order chi connectivity index (χ0) is 13.0. The minimum atomic E-state index is 0.340. The summed E-state index contributed by atoms with van der Waals surface area (Å²) in [4.78, 5) is 4.37. The van der Waals surface area contributed by atoms with Crippen molar-refractivity contribution in [1.82, 2.24) is 10.3 Å². The number of aromatic nitrogens is 1. The lowest BCUT2D eigenvalue weighted by molar-refractivity contribution is 0.516.